The van der Waals surface area contributed by atoms with Crippen LogP contribution in [0.25, 0.3) is 0 Å². The number of rotatable bonds is 4. The lowest BCUT2D eigenvalue weighted by atomic mass is 9.74. The molecule has 2 amide bonds. The van der Waals surface area contributed by atoms with Gasteiger partial charge in [-0.15, -0.1) is 0 Å². The third kappa shape index (κ3) is 3.96. The summed E-state index contributed by atoms with van der Waals surface area (Å²) in [5.41, 5.74) is 8.07. The first-order valence-electron chi connectivity index (χ1n) is 8.92. The van der Waals surface area contributed by atoms with Crippen molar-refractivity contribution in [3.8, 4) is 0 Å². The Balaban J connectivity index is 1.67. The SMILES string of the molecule is Cc1cc(NC(=O)C2CCCCC2(C)N)ccc1NC(=O)c1ccco1. The highest BCUT2D eigenvalue weighted by molar-refractivity contribution is 6.03. The van der Waals surface area contributed by atoms with Crippen LogP contribution < -0.4 is 16.4 Å². The molecule has 2 aromatic rings. The lowest BCUT2D eigenvalue weighted by Gasteiger charge is -2.37. The van der Waals surface area contributed by atoms with Crippen LogP contribution in [0.4, 0.5) is 11.4 Å². The molecule has 1 fully saturated rings. The number of hydrogen-bond donors (Lipinski definition) is 3. The molecule has 0 aliphatic heterocycles. The average Bonchev–Trinajstić information content (AvgIpc) is 3.11. The van der Waals surface area contributed by atoms with Gasteiger partial charge in [0.2, 0.25) is 5.91 Å². The molecule has 1 saturated carbocycles. The van der Waals surface area contributed by atoms with E-state index in [2.05, 4.69) is 10.6 Å². The van der Waals surface area contributed by atoms with E-state index in [1.54, 1.807) is 24.3 Å². The van der Waals surface area contributed by atoms with E-state index in [-0.39, 0.29) is 23.5 Å². The van der Waals surface area contributed by atoms with Gasteiger partial charge >= 0.3 is 0 Å². The largest absolute Gasteiger partial charge is 0.459 e. The molecule has 1 heterocycles. The maximum atomic E-state index is 12.6. The quantitative estimate of drug-likeness (QED) is 0.779. The number of benzene rings is 1. The normalized spacial score (nSPS) is 22.7. The summed E-state index contributed by atoms with van der Waals surface area (Å²) in [6.07, 6.45) is 5.23. The molecule has 0 bridgehead atoms. The van der Waals surface area contributed by atoms with E-state index in [9.17, 15) is 9.59 Å². The second kappa shape index (κ2) is 7.33. The second-order valence-corrected chi connectivity index (χ2v) is 7.25. The minimum absolute atomic E-state index is 0.0403. The molecular weight excluding hydrogens is 330 g/mol. The zero-order chi connectivity index (χ0) is 18.7. The van der Waals surface area contributed by atoms with Crippen LogP contribution in [0.3, 0.4) is 0 Å². The van der Waals surface area contributed by atoms with E-state index in [1.807, 2.05) is 19.9 Å². The number of carbonyl (C=O) groups is 2. The molecule has 0 radical (unpaired) electrons. The third-order valence-electron chi connectivity index (χ3n) is 5.06. The van der Waals surface area contributed by atoms with Crippen LogP contribution in [0.5, 0.6) is 0 Å². The lowest BCUT2D eigenvalue weighted by Crippen LogP contribution is -2.51. The lowest BCUT2D eigenvalue weighted by molar-refractivity contribution is -0.122. The first-order chi connectivity index (χ1) is 12.4. The zero-order valence-corrected chi connectivity index (χ0v) is 15.2. The molecule has 1 aliphatic carbocycles. The van der Waals surface area contributed by atoms with Crippen LogP contribution in [-0.4, -0.2) is 17.4 Å². The highest BCUT2D eigenvalue weighted by Gasteiger charge is 2.37. The van der Waals surface area contributed by atoms with Crippen molar-refractivity contribution in [1.82, 2.24) is 0 Å². The first kappa shape index (κ1) is 18.2. The predicted octanol–water partition coefficient (Wildman–Crippen LogP) is 3.69. The Labute approximate surface area is 153 Å². The minimum Gasteiger partial charge on any atom is -0.459 e. The molecular formula is C20H25N3O3. The fourth-order valence-electron chi connectivity index (χ4n) is 3.49. The van der Waals surface area contributed by atoms with Crippen LogP contribution in [-0.2, 0) is 4.79 Å². The maximum absolute atomic E-state index is 12.6. The van der Waals surface area contributed by atoms with Crippen LogP contribution >= 0.6 is 0 Å². The van der Waals surface area contributed by atoms with Gasteiger partial charge in [0.1, 0.15) is 0 Å². The molecule has 26 heavy (non-hydrogen) atoms. The maximum Gasteiger partial charge on any atom is 0.291 e. The molecule has 4 N–H and O–H groups in total. The Hall–Kier alpha value is -2.60. The standard InChI is InChI=1S/C20H25N3O3/c1-13-12-14(22-18(24)15-6-3-4-10-20(15,2)21)8-9-16(13)23-19(25)17-7-5-11-26-17/h5,7-9,11-12,15H,3-4,6,10,21H2,1-2H3,(H,22,24)(H,23,25). The molecule has 6 heteroatoms. The van der Waals surface area contributed by atoms with Gasteiger partial charge in [-0.1, -0.05) is 12.8 Å². The molecule has 0 saturated heterocycles. The average molecular weight is 355 g/mol. The number of hydrogen-bond acceptors (Lipinski definition) is 4. The summed E-state index contributed by atoms with van der Waals surface area (Å²) in [6, 6.07) is 8.66. The molecule has 6 nitrogen and oxygen atoms in total. The second-order valence-electron chi connectivity index (χ2n) is 7.25. The van der Waals surface area contributed by atoms with Crippen molar-refractivity contribution >= 4 is 23.2 Å². The van der Waals surface area contributed by atoms with Gasteiger partial charge in [0.15, 0.2) is 5.76 Å². The molecule has 138 valence electrons. The van der Waals surface area contributed by atoms with Gasteiger partial charge in [-0.25, -0.2) is 0 Å². The molecule has 2 unspecified atom stereocenters. The summed E-state index contributed by atoms with van der Waals surface area (Å²) in [5, 5.41) is 5.77. The van der Waals surface area contributed by atoms with E-state index in [4.69, 9.17) is 10.2 Å². The first-order valence-corrected chi connectivity index (χ1v) is 8.92. The van der Waals surface area contributed by atoms with Crippen LogP contribution in [0, 0.1) is 12.8 Å². The molecule has 2 atom stereocenters. The Bertz CT molecular complexity index is 797. The number of nitrogens with one attached hydrogen (secondary N) is 2. The van der Waals surface area contributed by atoms with Crippen molar-refractivity contribution in [2.24, 2.45) is 11.7 Å². The number of anilines is 2. The van der Waals surface area contributed by atoms with E-state index >= 15 is 0 Å². The summed E-state index contributed by atoms with van der Waals surface area (Å²) in [7, 11) is 0. The Morgan fingerprint density at radius 1 is 1.23 bits per heavy atom. The molecule has 0 spiro atoms. The van der Waals surface area contributed by atoms with Gasteiger partial charge in [0.05, 0.1) is 12.2 Å². The minimum atomic E-state index is -0.464. The Kier molecular flexibility index (Phi) is 5.13. The van der Waals surface area contributed by atoms with Crippen molar-refractivity contribution in [3.05, 3.63) is 47.9 Å². The number of aryl methyl sites for hydroxylation is 1. The van der Waals surface area contributed by atoms with Crippen molar-refractivity contribution in [3.63, 3.8) is 0 Å². The summed E-state index contributed by atoms with van der Waals surface area (Å²) in [5.74, 6) is -0.284. The molecule has 1 aliphatic rings. The zero-order valence-electron chi connectivity index (χ0n) is 15.2. The summed E-state index contributed by atoms with van der Waals surface area (Å²) < 4.78 is 5.09. The van der Waals surface area contributed by atoms with Gasteiger partial charge in [-0.2, -0.15) is 0 Å². The van der Waals surface area contributed by atoms with Gasteiger partial charge < -0.3 is 20.8 Å². The summed E-state index contributed by atoms with van der Waals surface area (Å²) >= 11 is 0. The van der Waals surface area contributed by atoms with Crippen molar-refractivity contribution in [1.29, 1.82) is 0 Å². The number of furan rings is 1. The Morgan fingerprint density at radius 3 is 2.69 bits per heavy atom. The van der Waals surface area contributed by atoms with Gasteiger partial charge in [-0.05, 0) is 62.6 Å². The molecule has 1 aromatic heterocycles. The summed E-state index contributed by atoms with van der Waals surface area (Å²) in [6.45, 7) is 3.83. The highest BCUT2D eigenvalue weighted by Crippen LogP contribution is 2.32. The fourth-order valence-corrected chi connectivity index (χ4v) is 3.49. The van der Waals surface area contributed by atoms with Crippen LogP contribution in [0.2, 0.25) is 0 Å². The third-order valence-corrected chi connectivity index (χ3v) is 5.06. The van der Waals surface area contributed by atoms with Crippen molar-refractivity contribution in [2.75, 3.05) is 10.6 Å². The van der Waals surface area contributed by atoms with Gasteiger partial charge in [-0.3, -0.25) is 9.59 Å². The number of nitrogens with two attached hydrogens (primary N) is 1. The fraction of sp³-hybridized carbons (Fsp3) is 0.400. The van der Waals surface area contributed by atoms with Crippen molar-refractivity contribution in [2.45, 2.75) is 45.1 Å². The van der Waals surface area contributed by atoms with E-state index < -0.39 is 5.54 Å². The monoisotopic (exact) mass is 355 g/mol. The Morgan fingerprint density at radius 2 is 2.04 bits per heavy atom. The molecule has 1 aromatic carbocycles. The summed E-state index contributed by atoms with van der Waals surface area (Å²) in [4.78, 5) is 24.7. The van der Waals surface area contributed by atoms with Gasteiger partial charge in [0.25, 0.3) is 5.91 Å². The smallest absolute Gasteiger partial charge is 0.291 e. The topological polar surface area (TPSA) is 97.4 Å². The number of amides is 2. The van der Waals surface area contributed by atoms with Crippen molar-refractivity contribution < 1.29 is 14.0 Å². The van der Waals surface area contributed by atoms with Crippen LogP contribution in [0.15, 0.2) is 41.0 Å². The predicted molar refractivity (Wildman–Crippen MR) is 101 cm³/mol. The molecule has 3 rings (SSSR count). The number of carbonyl (C=O) groups excluding carboxylic acids is 2. The highest BCUT2D eigenvalue weighted by atomic mass is 16.3. The van der Waals surface area contributed by atoms with E-state index in [1.165, 1.54) is 6.26 Å². The van der Waals surface area contributed by atoms with E-state index in [0.717, 1.165) is 31.2 Å². The van der Waals surface area contributed by atoms with Gasteiger partial charge in [0, 0.05) is 16.9 Å². The van der Waals surface area contributed by atoms with E-state index in [0.29, 0.717) is 11.4 Å². The van der Waals surface area contributed by atoms with Crippen LogP contribution in [0.1, 0.15) is 48.7 Å².